The lowest BCUT2D eigenvalue weighted by Crippen LogP contribution is -2.29. The van der Waals surface area contributed by atoms with Crippen LogP contribution < -0.4 is 15.4 Å². The zero-order chi connectivity index (χ0) is 14.5. The van der Waals surface area contributed by atoms with Crippen LogP contribution in [-0.4, -0.2) is 20.1 Å². The molecule has 0 fully saturated rings. The monoisotopic (exact) mass is 270 g/mol. The van der Waals surface area contributed by atoms with Gasteiger partial charge in [-0.1, -0.05) is 36.4 Å². The standard InChI is InChI=1S/C17H22N2O/c1-13(18)17(14-8-5-4-6-9-14)20-16-11-7-10-15(12-16)19(2)3/h4-13,17H,18H2,1-3H3. The minimum absolute atomic E-state index is 0.0830. The highest BCUT2D eigenvalue weighted by Crippen LogP contribution is 2.26. The minimum atomic E-state index is -0.145. The van der Waals surface area contributed by atoms with E-state index in [2.05, 4.69) is 11.0 Å². The van der Waals surface area contributed by atoms with Crippen LogP contribution in [0.1, 0.15) is 18.6 Å². The lowest BCUT2D eigenvalue weighted by Gasteiger charge is -2.24. The van der Waals surface area contributed by atoms with Gasteiger partial charge >= 0.3 is 0 Å². The average Bonchev–Trinajstić information content (AvgIpc) is 2.45. The van der Waals surface area contributed by atoms with E-state index in [9.17, 15) is 0 Å². The number of ether oxygens (including phenoxy) is 1. The van der Waals surface area contributed by atoms with Gasteiger partial charge in [0.25, 0.3) is 0 Å². The third-order valence-corrected chi connectivity index (χ3v) is 3.20. The largest absolute Gasteiger partial charge is 0.484 e. The number of nitrogens with two attached hydrogens (primary N) is 1. The van der Waals surface area contributed by atoms with Crippen molar-refractivity contribution in [3.05, 3.63) is 60.2 Å². The zero-order valence-electron chi connectivity index (χ0n) is 12.3. The third-order valence-electron chi connectivity index (χ3n) is 3.20. The van der Waals surface area contributed by atoms with E-state index < -0.39 is 0 Å². The fourth-order valence-electron chi connectivity index (χ4n) is 2.10. The number of benzene rings is 2. The van der Waals surface area contributed by atoms with E-state index >= 15 is 0 Å². The Labute approximate surface area is 121 Å². The van der Waals surface area contributed by atoms with E-state index in [0.717, 1.165) is 17.0 Å². The molecule has 0 aliphatic carbocycles. The molecule has 3 heteroatoms. The fraction of sp³-hybridized carbons (Fsp3) is 0.294. The SMILES string of the molecule is CC(N)C(Oc1cccc(N(C)C)c1)c1ccccc1. The molecule has 0 aliphatic heterocycles. The normalized spacial score (nSPS) is 13.6. The second-order valence-corrected chi connectivity index (χ2v) is 5.20. The molecule has 0 radical (unpaired) electrons. The van der Waals surface area contributed by atoms with Gasteiger partial charge in [-0.25, -0.2) is 0 Å². The summed E-state index contributed by atoms with van der Waals surface area (Å²) in [5, 5.41) is 0. The maximum atomic E-state index is 6.10. The minimum Gasteiger partial charge on any atom is -0.484 e. The third kappa shape index (κ3) is 3.52. The maximum absolute atomic E-state index is 6.10. The Hall–Kier alpha value is -2.00. The van der Waals surface area contributed by atoms with Crippen molar-refractivity contribution < 1.29 is 4.74 Å². The fourth-order valence-corrected chi connectivity index (χ4v) is 2.10. The van der Waals surface area contributed by atoms with Gasteiger partial charge in [0, 0.05) is 31.9 Å². The molecule has 2 rings (SSSR count). The van der Waals surface area contributed by atoms with E-state index in [4.69, 9.17) is 10.5 Å². The zero-order valence-corrected chi connectivity index (χ0v) is 12.3. The van der Waals surface area contributed by atoms with Gasteiger partial charge in [-0.3, -0.25) is 0 Å². The van der Waals surface area contributed by atoms with Gasteiger partial charge < -0.3 is 15.4 Å². The van der Waals surface area contributed by atoms with Gasteiger partial charge in [-0.2, -0.15) is 0 Å². The van der Waals surface area contributed by atoms with Crippen molar-refractivity contribution in [2.75, 3.05) is 19.0 Å². The summed E-state index contributed by atoms with van der Waals surface area (Å²) in [5.41, 5.74) is 8.28. The Morgan fingerprint density at radius 2 is 1.70 bits per heavy atom. The lowest BCUT2D eigenvalue weighted by molar-refractivity contribution is 0.180. The van der Waals surface area contributed by atoms with E-state index in [0.29, 0.717) is 0 Å². The van der Waals surface area contributed by atoms with Crippen LogP contribution in [0.2, 0.25) is 0 Å². The van der Waals surface area contributed by atoms with Crippen molar-refractivity contribution in [2.45, 2.75) is 19.1 Å². The molecule has 2 atom stereocenters. The first-order valence-electron chi connectivity index (χ1n) is 6.82. The summed E-state index contributed by atoms with van der Waals surface area (Å²) in [7, 11) is 4.03. The van der Waals surface area contributed by atoms with Crippen molar-refractivity contribution in [2.24, 2.45) is 5.73 Å². The molecule has 0 bridgehead atoms. The Kier molecular flexibility index (Phi) is 4.64. The molecule has 106 valence electrons. The van der Waals surface area contributed by atoms with Gasteiger partial charge in [0.2, 0.25) is 0 Å². The Balaban J connectivity index is 2.23. The molecule has 20 heavy (non-hydrogen) atoms. The number of anilines is 1. The molecular weight excluding hydrogens is 248 g/mol. The molecular formula is C17H22N2O. The first-order valence-corrected chi connectivity index (χ1v) is 6.82. The maximum Gasteiger partial charge on any atom is 0.138 e. The van der Waals surface area contributed by atoms with Crippen LogP contribution in [0.25, 0.3) is 0 Å². The van der Waals surface area contributed by atoms with Gasteiger partial charge in [-0.05, 0) is 24.6 Å². The van der Waals surface area contributed by atoms with Crippen LogP contribution in [0, 0.1) is 0 Å². The molecule has 0 heterocycles. The molecule has 2 aromatic carbocycles. The van der Waals surface area contributed by atoms with Crippen LogP contribution in [0.15, 0.2) is 54.6 Å². The summed E-state index contributed by atoms with van der Waals surface area (Å²) in [6.07, 6.45) is -0.145. The summed E-state index contributed by atoms with van der Waals surface area (Å²) in [5.74, 6) is 0.836. The summed E-state index contributed by atoms with van der Waals surface area (Å²) < 4.78 is 6.10. The quantitative estimate of drug-likeness (QED) is 0.906. The molecule has 2 unspecified atom stereocenters. The van der Waals surface area contributed by atoms with Crippen molar-refractivity contribution in [3.8, 4) is 5.75 Å². The first-order chi connectivity index (χ1) is 9.58. The van der Waals surface area contributed by atoms with E-state index in [-0.39, 0.29) is 12.1 Å². The molecule has 0 amide bonds. The number of hydrogen-bond acceptors (Lipinski definition) is 3. The average molecular weight is 270 g/mol. The van der Waals surface area contributed by atoms with Crippen LogP contribution in [-0.2, 0) is 0 Å². The molecule has 0 spiro atoms. The van der Waals surface area contributed by atoms with Crippen molar-refractivity contribution in [3.63, 3.8) is 0 Å². The van der Waals surface area contributed by atoms with E-state index in [1.165, 1.54) is 0 Å². The van der Waals surface area contributed by atoms with Gasteiger partial charge in [0.15, 0.2) is 0 Å². The highest BCUT2D eigenvalue weighted by molar-refractivity contribution is 5.49. The van der Waals surface area contributed by atoms with Crippen LogP contribution >= 0.6 is 0 Å². The van der Waals surface area contributed by atoms with Crippen molar-refractivity contribution >= 4 is 5.69 Å². The van der Waals surface area contributed by atoms with Gasteiger partial charge in [0.05, 0.1) is 0 Å². The van der Waals surface area contributed by atoms with E-state index in [1.807, 2.05) is 69.6 Å². The summed E-state index contributed by atoms with van der Waals surface area (Å²) in [6, 6.07) is 18.0. The summed E-state index contributed by atoms with van der Waals surface area (Å²) in [4.78, 5) is 2.05. The predicted molar refractivity (Wildman–Crippen MR) is 84.2 cm³/mol. The van der Waals surface area contributed by atoms with Crippen LogP contribution in [0.4, 0.5) is 5.69 Å². The first kappa shape index (κ1) is 14.4. The van der Waals surface area contributed by atoms with E-state index in [1.54, 1.807) is 0 Å². The lowest BCUT2D eigenvalue weighted by atomic mass is 10.0. The molecule has 0 aromatic heterocycles. The second kappa shape index (κ2) is 6.44. The molecule has 3 nitrogen and oxygen atoms in total. The summed E-state index contributed by atoms with van der Waals surface area (Å²) >= 11 is 0. The second-order valence-electron chi connectivity index (χ2n) is 5.20. The Bertz CT molecular complexity index is 538. The molecule has 0 aliphatic rings. The number of rotatable bonds is 5. The predicted octanol–water partition coefficient (Wildman–Crippen LogP) is 3.22. The number of hydrogen-bond donors (Lipinski definition) is 1. The topological polar surface area (TPSA) is 38.5 Å². The molecule has 2 N–H and O–H groups in total. The molecule has 0 saturated carbocycles. The van der Waals surface area contributed by atoms with Gasteiger partial charge in [-0.15, -0.1) is 0 Å². The van der Waals surface area contributed by atoms with Crippen molar-refractivity contribution in [1.82, 2.24) is 0 Å². The number of nitrogens with zero attached hydrogens (tertiary/aromatic N) is 1. The van der Waals surface area contributed by atoms with Gasteiger partial charge in [0.1, 0.15) is 11.9 Å². The smallest absolute Gasteiger partial charge is 0.138 e. The molecule has 2 aromatic rings. The highest BCUT2D eigenvalue weighted by Gasteiger charge is 2.18. The molecule has 0 saturated heterocycles. The van der Waals surface area contributed by atoms with Crippen LogP contribution in [0.5, 0.6) is 5.75 Å². The highest BCUT2D eigenvalue weighted by atomic mass is 16.5. The van der Waals surface area contributed by atoms with Crippen LogP contribution in [0.3, 0.4) is 0 Å². The summed E-state index contributed by atoms with van der Waals surface area (Å²) in [6.45, 7) is 1.97. The van der Waals surface area contributed by atoms with Crippen molar-refractivity contribution in [1.29, 1.82) is 0 Å². The Morgan fingerprint density at radius 3 is 2.30 bits per heavy atom. The Morgan fingerprint density at radius 1 is 1.00 bits per heavy atom.